The molecule has 0 atom stereocenters. The molecule has 0 radical (unpaired) electrons. The molecule has 0 bridgehead atoms. The van der Waals surface area contributed by atoms with Crippen LogP contribution >= 0.6 is 11.8 Å². The molecule has 0 saturated carbocycles. The standard InChI is InChI=1S/C22H29N7O4S/c1-3-8-16-24-21(27-26-16)34-14-17(30)28(11-7-12-33-2)18-19(23)29(22(32)25-20(18)31)13-15-9-5-4-6-10-15/h4-6,9-10H,3,7-8,11-14,23H2,1-2H3,(H,24,26,27)(H,25,31,32). The van der Waals surface area contributed by atoms with Gasteiger partial charge in [0.1, 0.15) is 11.6 Å². The predicted octanol–water partition coefficient (Wildman–Crippen LogP) is 1.40. The topological polar surface area (TPSA) is 152 Å². The zero-order valence-corrected chi connectivity index (χ0v) is 20.1. The number of aromatic amines is 2. The molecule has 0 unspecified atom stereocenters. The van der Waals surface area contributed by atoms with Gasteiger partial charge in [-0.15, -0.1) is 5.10 Å². The summed E-state index contributed by atoms with van der Waals surface area (Å²) in [6.07, 6.45) is 2.16. The summed E-state index contributed by atoms with van der Waals surface area (Å²) in [6.45, 7) is 2.77. The highest BCUT2D eigenvalue weighted by atomic mass is 32.2. The molecule has 0 aliphatic rings. The Morgan fingerprint density at radius 1 is 1.26 bits per heavy atom. The summed E-state index contributed by atoms with van der Waals surface area (Å²) in [5.41, 5.74) is 5.72. The molecule has 3 rings (SSSR count). The van der Waals surface area contributed by atoms with Crippen LogP contribution in [-0.2, 0) is 22.5 Å². The zero-order valence-electron chi connectivity index (χ0n) is 19.2. The third-order valence-corrected chi connectivity index (χ3v) is 5.85. The first-order chi connectivity index (χ1) is 16.4. The van der Waals surface area contributed by atoms with Crippen LogP contribution in [0.15, 0.2) is 45.1 Å². The number of rotatable bonds is 12. The number of benzene rings is 1. The number of carbonyl (C=O) groups excluding carboxylic acids is 1. The van der Waals surface area contributed by atoms with Gasteiger partial charge in [-0.25, -0.2) is 9.78 Å². The van der Waals surface area contributed by atoms with Crippen LogP contribution in [0.25, 0.3) is 0 Å². The van der Waals surface area contributed by atoms with E-state index < -0.39 is 11.2 Å². The molecule has 0 aliphatic carbocycles. The molecule has 0 fully saturated rings. The number of aromatic nitrogens is 5. The van der Waals surface area contributed by atoms with E-state index in [0.717, 1.165) is 36.0 Å². The van der Waals surface area contributed by atoms with Crippen molar-refractivity contribution in [3.05, 3.63) is 62.6 Å². The van der Waals surface area contributed by atoms with E-state index in [1.165, 1.54) is 9.47 Å². The van der Waals surface area contributed by atoms with Crippen LogP contribution in [0.4, 0.5) is 11.5 Å². The normalized spacial score (nSPS) is 11.0. The Labute approximate surface area is 200 Å². The van der Waals surface area contributed by atoms with Gasteiger partial charge in [-0.1, -0.05) is 49.0 Å². The fourth-order valence-electron chi connectivity index (χ4n) is 3.38. The fraction of sp³-hybridized carbons (Fsp3) is 0.409. The van der Waals surface area contributed by atoms with E-state index in [2.05, 4.69) is 20.2 Å². The summed E-state index contributed by atoms with van der Waals surface area (Å²) in [5, 5.41) is 7.42. The van der Waals surface area contributed by atoms with Crippen LogP contribution in [0.3, 0.4) is 0 Å². The maximum Gasteiger partial charge on any atom is 0.330 e. The first-order valence-corrected chi connectivity index (χ1v) is 11.9. The lowest BCUT2D eigenvalue weighted by Crippen LogP contribution is -2.42. The quantitative estimate of drug-likeness (QED) is 0.256. The number of nitrogens with two attached hydrogens (primary N) is 1. The van der Waals surface area contributed by atoms with E-state index in [4.69, 9.17) is 10.5 Å². The second-order valence-corrected chi connectivity index (χ2v) is 8.50. The van der Waals surface area contributed by atoms with E-state index in [9.17, 15) is 14.4 Å². The van der Waals surface area contributed by atoms with Crippen LogP contribution in [0.2, 0.25) is 0 Å². The Balaban J connectivity index is 1.89. The summed E-state index contributed by atoms with van der Waals surface area (Å²) in [4.78, 5) is 46.5. The van der Waals surface area contributed by atoms with Crippen LogP contribution in [0, 0.1) is 0 Å². The molecule has 1 amide bonds. The van der Waals surface area contributed by atoms with E-state index in [1.54, 1.807) is 7.11 Å². The number of nitrogen functional groups attached to an aromatic ring is 1. The van der Waals surface area contributed by atoms with Crippen molar-refractivity contribution < 1.29 is 9.53 Å². The molecule has 1 aromatic carbocycles. The molecule has 4 N–H and O–H groups in total. The van der Waals surface area contributed by atoms with Gasteiger partial charge in [0.2, 0.25) is 11.1 Å². The molecule has 12 heteroatoms. The molecule has 11 nitrogen and oxygen atoms in total. The number of ether oxygens (including phenoxy) is 1. The van der Waals surface area contributed by atoms with E-state index in [1.807, 2.05) is 37.3 Å². The lowest BCUT2D eigenvalue weighted by atomic mass is 10.2. The highest BCUT2D eigenvalue weighted by Gasteiger charge is 2.24. The molecule has 2 heterocycles. The summed E-state index contributed by atoms with van der Waals surface area (Å²) >= 11 is 1.16. The van der Waals surface area contributed by atoms with E-state index >= 15 is 0 Å². The summed E-state index contributed by atoms with van der Waals surface area (Å²) < 4.78 is 6.36. The molecule has 3 aromatic rings. The van der Waals surface area contributed by atoms with Crippen molar-refractivity contribution >= 4 is 29.2 Å². The Morgan fingerprint density at radius 2 is 2.03 bits per heavy atom. The van der Waals surface area contributed by atoms with Gasteiger partial charge in [0, 0.05) is 26.7 Å². The zero-order chi connectivity index (χ0) is 24.5. The van der Waals surface area contributed by atoms with Gasteiger partial charge in [-0.05, 0) is 18.4 Å². The number of nitrogens with zero attached hydrogens (tertiary/aromatic N) is 4. The van der Waals surface area contributed by atoms with Crippen molar-refractivity contribution in [2.24, 2.45) is 0 Å². The third-order valence-electron chi connectivity index (χ3n) is 5.02. The molecule has 2 aromatic heterocycles. The third kappa shape index (κ3) is 6.35. The SMILES string of the molecule is CCCc1nc(SCC(=O)N(CCCOC)c2c(N)n(Cc3ccccc3)c(=O)[nH]c2=O)n[nH]1. The minimum absolute atomic E-state index is 0.00685. The number of nitrogens with one attached hydrogen (secondary N) is 2. The lowest BCUT2D eigenvalue weighted by Gasteiger charge is -2.24. The Kier molecular flexibility index (Phi) is 9.05. The summed E-state index contributed by atoms with van der Waals surface area (Å²) in [7, 11) is 1.56. The average molecular weight is 488 g/mol. The highest BCUT2D eigenvalue weighted by molar-refractivity contribution is 7.99. The predicted molar refractivity (Wildman–Crippen MR) is 131 cm³/mol. The smallest absolute Gasteiger partial charge is 0.330 e. The lowest BCUT2D eigenvalue weighted by molar-refractivity contribution is -0.116. The van der Waals surface area contributed by atoms with Gasteiger partial charge >= 0.3 is 5.69 Å². The largest absolute Gasteiger partial charge is 0.385 e. The summed E-state index contributed by atoms with van der Waals surface area (Å²) in [5.74, 6) is 0.317. The fourth-order valence-corrected chi connectivity index (χ4v) is 4.08. The van der Waals surface area contributed by atoms with Crippen molar-refractivity contribution in [2.45, 2.75) is 37.9 Å². The summed E-state index contributed by atoms with van der Waals surface area (Å²) in [6, 6.07) is 9.24. The molecule has 182 valence electrons. The number of carbonyl (C=O) groups is 1. The second-order valence-electron chi connectivity index (χ2n) is 7.56. The van der Waals surface area contributed by atoms with Crippen molar-refractivity contribution in [1.82, 2.24) is 24.7 Å². The molecule has 0 spiro atoms. The van der Waals surface area contributed by atoms with Crippen LogP contribution in [0.1, 0.15) is 31.2 Å². The molecular formula is C22H29N7O4S. The molecular weight excluding hydrogens is 458 g/mol. The minimum Gasteiger partial charge on any atom is -0.385 e. The monoisotopic (exact) mass is 487 g/mol. The van der Waals surface area contributed by atoms with Gasteiger partial charge in [0.15, 0.2) is 5.69 Å². The van der Waals surface area contributed by atoms with Gasteiger partial charge < -0.3 is 15.4 Å². The van der Waals surface area contributed by atoms with Crippen molar-refractivity contribution in [3.8, 4) is 0 Å². The number of anilines is 2. The number of hydrogen-bond acceptors (Lipinski definition) is 8. The Morgan fingerprint density at radius 3 is 2.74 bits per heavy atom. The van der Waals surface area contributed by atoms with Crippen molar-refractivity contribution in [3.63, 3.8) is 0 Å². The van der Waals surface area contributed by atoms with Crippen LogP contribution in [-0.4, -0.2) is 56.7 Å². The average Bonchev–Trinajstić information content (AvgIpc) is 3.27. The number of aryl methyl sites for hydroxylation is 1. The number of methoxy groups -OCH3 is 1. The van der Waals surface area contributed by atoms with Gasteiger partial charge in [-0.3, -0.25) is 24.2 Å². The molecule has 0 aliphatic heterocycles. The maximum atomic E-state index is 13.2. The van der Waals surface area contributed by atoms with Crippen molar-refractivity contribution in [1.29, 1.82) is 0 Å². The Hall–Kier alpha value is -3.38. The van der Waals surface area contributed by atoms with Gasteiger partial charge in [0.05, 0.1) is 12.3 Å². The maximum absolute atomic E-state index is 13.2. The minimum atomic E-state index is -0.717. The van der Waals surface area contributed by atoms with Crippen LogP contribution < -0.4 is 21.9 Å². The van der Waals surface area contributed by atoms with Crippen molar-refractivity contribution in [2.75, 3.05) is 36.6 Å². The van der Waals surface area contributed by atoms with Crippen LogP contribution in [0.5, 0.6) is 0 Å². The number of thioether (sulfide) groups is 1. The highest BCUT2D eigenvalue weighted by Crippen LogP contribution is 2.21. The number of H-pyrrole nitrogens is 2. The molecule has 34 heavy (non-hydrogen) atoms. The second kappa shape index (κ2) is 12.2. The molecule has 0 saturated heterocycles. The van der Waals surface area contributed by atoms with E-state index in [-0.39, 0.29) is 36.3 Å². The Bertz CT molecular complexity index is 1210. The van der Waals surface area contributed by atoms with Gasteiger partial charge in [-0.2, -0.15) is 0 Å². The van der Waals surface area contributed by atoms with E-state index in [0.29, 0.717) is 18.2 Å². The number of amides is 1. The first kappa shape index (κ1) is 25.2. The van der Waals surface area contributed by atoms with Gasteiger partial charge in [0.25, 0.3) is 5.56 Å². The first-order valence-electron chi connectivity index (χ1n) is 10.9. The number of hydrogen-bond donors (Lipinski definition) is 3.